The average molecular weight is 445 g/mol. The summed E-state index contributed by atoms with van der Waals surface area (Å²) in [4.78, 5) is 12.9. The third kappa shape index (κ3) is 4.60. The molecule has 1 heterocycles. The van der Waals surface area contributed by atoms with E-state index in [2.05, 4.69) is 25.2 Å². The lowest BCUT2D eigenvalue weighted by Gasteiger charge is -2.15. The number of carbonyl (C=O) groups is 1. The number of rotatable bonds is 7. The van der Waals surface area contributed by atoms with Gasteiger partial charge < -0.3 is 14.5 Å². The Balaban J connectivity index is 1.90. The number of amides is 1. The molecular formula is C23H28N2O5S. The molecular weight excluding hydrogens is 416 g/mol. The number of nitrogens with zero attached hydrogens (tertiary/aromatic N) is 1. The molecule has 166 valence electrons. The maximum absolute atomic E-state index is 12.8. The summed E-state index contributed by atoms with van der Waals surface area (Å²) in [6.07, 6.45) is 1.68. The Morgan fingerprint density at radius 3 is 2.52 bits per heavy atom. The van der Waals surface area contributed by atoms with Gasteiger partial charge in [0.15, 0.2) is 0 Å². The summed E-state index contributed by atoms with van der Waals surface area (Å²) in [5, 5.41) is 3.68. The van der Waals surface area contributed by atoms with Crippen LogP contribution in [-0.4, -0.2) is 39.8 Å². The molecule has 3 rings (SSSR count). The minimum atomic E-state index is -3.64. The van der Waals surface area contributed by atoms with Crippen LogP contribution in [0.2, 0.25) is 0 Å². The van der Waals surface area contributed by atoms with E-state index in [0.29, 0.717) is 17.4 Å². The van der Waals surface area contributed by atoms with E-state index in [4.69, 9.17) is 9.15 Å². The second kappa shape index (κ2) is 8.72. The molecule has 0 aliphatic heterocycles. The van der Waals surface area contributed by atoms with Crippen molar-refractivity contribution in [2.24, 2.45) is 0 Å². The van der Waals surface area contributed by atoms with E-state index in [1.807, 2.05) is 13.0 Å². The zero-order valence-electron chi connectivity index (χ0n) is 18.6. The number of hydrogen-bond acceptors (Lipinski definition) is 5. The SMILES string of the molecule is COc1ccc(S(=O)(=O)N(C)C)cc1NC(=O)Cc1coc2cc(C)c(C(C)C)cc12. The van der Waals surface area contributed by atoms with Gasteiger partial charge in [-0.25, -0.2) is 12.7 Å². The van der Waals surface area contributed by atoms with E-state index in [1.54, 1.807) is 6.26 Å². The molecule has 0 aliphatic rings. The van der Waals surface area contributed by atoms with E-state index in [1.165, 1.54) is 45.0 Å². The maximum atomic E-state index is 12.8. The summed E-state index contributed by atoms with van der Waals surface area (Å²) < 4.78 is 37.0. The van der Waals surface area contributed by atoms with Crippen LogP contribution in [0.1, 0.15) is 36.5 Å². The molecule has 1 aromatic heterocycles. The van der Waals surface area contributed by atoms with Crippen LogP contribution in [0.5, 0.6) is 5.75 Å². The summed E-state index contributed by atoms with van der Waals surface area (Å²) >= 11 is 0. The molecule has 3 aromatic rings. The molecule has 0 saturated heterocycles. The fourth-order valence-corrected chi connectivity index (χ4v) is 4.46. The van der Waals surface area contributed by atoms with Crippen molar-refractivity contribution in [3.63, 3.8) is 0 Å². The van der Waals surface area contributed by atoms with Crippen molar-refractivity contribution >= 4 is 32.6 Å². The number of furan rings is 1. The quantitative estimate of drug-likeness (QED) is 0.587. The number of fused-ring (bicyclic) bond motifs is 1. The molecule has 0 radical (unpaired) electrons. The van der Waals surface area contributed by atoms with Gasteiger partial charge in [0.25, 0.3) is 0 Å². The third-order valence-corrected chi connectivity index (χ3v) is 7.05. The Hall–Kier alpha value is -2.84. The monoisotopic (exact) mass is 444 g/mol. The predicted octanol–water partition coefficient (Wildman–Crippen LogP) is 4.30. The number of aryl methyl sites for hydroxylation is 1. The largest absolute Gasteiger partial charge is 0.495 e. The van der Waals surface area contributed by atoms with Crippen LogP contribution in [0.3, 0.4) is 0 Å². The molecule has 0 saturated carbocycles. The lowest BCUT2D eigenvalue weighted by atomic mass is 9.95. The van der Waals surface area contributed by atoms with Gasteiger partial charge in [-0.1, -0.05) is 13.8 Å². The normalized spacial score (nSPS) is 12.0. The Bertz CT molecular complexity index is 1230. The van der Waals surface area contributed by atoms with Gasteiger partial charge >= 0.3 is 0 Å². The van der Waals surface area contributed by atoms with Crippen LogP contribution in [0, 0.1) is 6.92 Å². The first kappa shape index (κ1) is 22.8. The highest BCUT2D eigenvalue weighted by Gasteiger charge is 2.20. The molecule has 7 nitrogen and oxygen atoms in total. The summed E-state index contributed by atoms with van der Waals surface area (Å²) in [6, 6.07) is 8.44. The molecule has 2 aromatic carbocycles. The highest BCUT2D eigenvalue weighted by atomic mass is 32.2. The molecule has 0 unspecified atom stereocenters. The van der Waals surface area contributed by atoms with Gasteiger partial charge in [-0.2, -0.15) is 0 Å². The van der Waals surface area contributed by atoms with Crippen molar-refractivity contribution in [3.8, 4) is 5.75 Å². The summed E-state index contributed by atoms with van der Waals surface area (Å²) in [6.45, 7) is 6.30. The van der Waals surface area contributed by atoms with Crippen LogP contribution in [0.25, 0.3) is 11.0 Å². The molecule has 0 atom stereocenters. The van der Waals surface area contributed by atoms with Gasteiger partial charge in [-0.05, 0) is 54.3 Å². The van der Waals surface area contributed by atoms with Crippen LogP contribution >= 0.6 is 0 Å². The topological polar surface area (TPSA) is 88.9 Å². The lowest BCUT2D eigenvalue weighted by molar-refractivity contribution is -0.115. The van der Waals surface area contributed by atoms with Gasteiger partial charge in [-0.3, -0.25) is 4.79 Å². The van der Waals surface area contributed by atoms with E-state index >= 15 is 0 Å². The van der Waals surface area contributed by atoms with Crippen LogP contribution in [0.4, 0.5) is 5.69 Å². The molecule has 0 aliphatic carbocycles. The molecule has 8 heteroatoms. The van der Waals surface area contributed by atoms with Gasteiger partial charge in [0, 0.05) is 25.0 Å². The molecule has 0 spiro atoms. The zero-order chi connectivity index (χ0) is 22.9. The van der Waals surface area contributed by atoms with E-state index in [0.717, 1.165) is 26.4 Å². The van der Waals surface area contributed by atoms with Crippen molar-refractivity contribution in [1.82, 2.24) is 4.31 Å². The minimum absolute atomic E-state index is 0.0689. The average Bonchev–Trinajstić information content (AvgIpc) is 3.08. The zero-order valence-corrected chi connectivity index (χ0v) is 19.5. The van der Waals surface area contributed by atoms with E-state index in [-0.39, 0.29) is 17.2 Å². The molecule has 0 fully saturated rings. The fraction of sp³-hybridized carbons (Fsp3) is 0.348. The lowest BCUT2D eigenvalue weighted by Crippen LogP contribution is -2.22. The summed E-state index contributed by atoms with van der Waals surface area (Å²) in [7, 11) is 0.725. The van der Waals surface area contributed by atoms with Crippen molar-refractivity contribution in [1.29, 1.82) is 0 Å². The van der Waals surface area contributed by atoms with Crippen molar-refractivity contribution in [3.05, 3.63) is 53.3 Å². The van der Waals surface area contributed by atoms with Gasteiger partial charge in [-0.15, -0.1) is 0 Å². The van der Waals surface area contributed by atoms with E-state index < -0.39 is 10.0 Å². The van der Waals surface area contributed by atoms with Crippen LogP contribution in [0.15, 0.2) is 45.9 Å². The highest BCUT2D eigenvalue weighted by molar-refractivity contribution is 7.89. The van der Waals surface area contributed by atoms with Gasteiger partial charge in [0.05, 0.1) is 30.4 Å². The Morgan fingerprint density at radius 2 is 1.90 bits per heavy atom. The standard InChI is InChI=1S/C23H28N2O5S/c1-14(2)18-12-19-16(13-30-22(19)9-15(18)3)10-23(26)24-20-11-17(7-8-21(20)29-6)31(27,28)25(4)5/h7-9,11-14H,10H2,1-6H3,(H,24,26). The Kier molecular flexibility index (Phi) is 6.43. The minimum Gasteiger partial charge on any atom is -0.495 e. The number of nitrogens with one attached hydrogen (secondary N) is 1. The number of benzene rings is 2. The van der Waals surface area contributed by atoms with Crippen molar-refractivity contribution in [2.45, 2.75) is 38.0 Å². The number of hydrogen-bond donors (Lipinski definition) is 1. The van der Waals surface area contributed by atoms with Gasteiger partial charge in [0.1, 0.15) is 11.3 Å². The summed E-state index contributed by atoms with van der Waals surface area (Å²) in [5.41, 5.74) is 4.16. The number of sulfonamides is 1. The fourth-order valence-electron chi connectivity index (χ4n) is 3.53. The van der Waals surface area contributed by atoms with Crippen molar-refractivity contribution in [2.75, 3.05) is 26.5 Å². The molecule has 0 bridgehead atoms. The first-order valence-electron chi connectivity index (χ1n) is 9.95. The van der Waals surface area contributed by atoms with Crippen LogP contribution in [-0.2, 0) is 21.2 Å². The van der Waals surface area contributed by atoms with Crippen molar-refractivity contribution < 1.29 is 22.4 Å². The second-order valence-electron chi connectivity index (χ2n) is 8.00. The number of carbonyl (C=O) groups excluding carboxylic acids is 1. The van der Waals surface area contributed by atoms with Gasteiger partial charge in [0.2, 0.25) is 15.9 Å². The summed E-state index contributed by atoms with van der Waals surface area (Å²) in [5.74, 6) is 0.430. The van der Waals surface area contributed by atoms with Crippen LogP contribution < -0.4 is 10.1 Å². The van der Waals surface area contributed by atoms with E-state index in [9.17, 15) is 13.2 Å². The Morgan fingerprint density at radius 1 is 1.19 bits per heavy atom. The first-order valence-corrected chi connectivity index (χ1v) is 11.4. The molecule has 1 N–H and O–H groups in total. The first-order chi connectivity index (χ1) is 14.5. The smallest absolute Gasteiger partial charge is 0.242 e. The highest BCUT2D eigenvalue weighted by Crippen LogP contribution is 2.31. The predicted molar refractivity (Wildman–Crippen MR) is 121 cm³/mol. The second-order valence-corrected chi connectivity index (χ2v) is 10.1. The maximum Gasteiger partial charge on any atom is 0.242 e. The Labute approximate surface area is 183 Å². The number of ether oxygens (including phenoxy) is 1. The molecule has 31 heavy (non-hydrogen) atoms. The number of methoxy groups -OCH3 is 1. The third-order valence-electron chi connectivity index (χ3n) is 5.24. The molecule has 1 amide bonds. The number of anilines is 1.